The molecule has 0 unspecified atom stereocenters. The van der Waals surface area contributed by atoms with Crippen molar-refractivity contribution in [1.29, 1.82) is 5.26 Å². The summed E-state index contributed by atoms with van der Waals surface area (Å²) >= 11 is 1.70. The number of aryl methyl sites for hydroxylation is 1. The van der Waals surface area contributed by atoms with Gasteiger partial charge in [-0.1, -0.05) is 12.1 Å². The van der Waals surface area contributed by atoms with Crippen molar-refractivity contribution in [3.8, 4) is 11.8 Å². The molecule has 1 fully saturated rings. The van der Waals surface area contributed by atoms with Gasteiger partial charge >= 0.3 is 0 Å². The topological polar surface area (TPSA) is 53.3 Å². The lowest BCUT2D eigenvalue weighted by molar-refractivity contribution is -0.132. The van der Waals surface area contributed by atoms with Crippen LogP contribution in [0.2, 0.25) is 0 Å². The Morgan fingerprint density at radius 3 is 2.83 bits per heavy atom. The summed E-state index contributed by atoms with van der Waals surface area (Å²) in [6.07, 6.45) is 3.19. The molecule has 0 spiro atoms. The van der Waals surface area contributed by atoms with Crippen LogP contribution in [-0.4, -0.2) is 30.0 Å². The average molecular weight is 340 g/mol. The van der Waals surface area contributed by atoms with E-state index in [0.717, 1.165) is 38.1 Å². The first-order valence-corrected chi connectivity index (χ1v) is 9.09. The molecule has 1 aromatic heterocycles. The zero-order chi connectivity index (χ0) is 16.8. The third-order valence-electron chi connectivity index (χ3n) is 4.23. The number of carbonyl (C=O) groups is 1. The highest BCUT2D eigenvalue weighted by Crippen LogP contribution is 2.21. The van der Waals surface area contributed by atoms with E-state index in [2.05, 4.69) is 12.1 Å². The van der Waals surface area contributed by atoms with Gasteiger partial charge in [0.05, 0.1) is 11.6 Å². The summed E-state index contributed by atoms with van der Waals surface area (Å²) in [5.41, 5.74) is 0.605. The van der Waals surface area contributed by atoms with E-state index in [0.29, 0.717) is 12.0 Å². The van der Waals surface area contributed by atoms with Crippen LogP contribution in [0, 0.1) is 11.3 Å². The molecule has 0 atom stereocenters. The van der Waals surface area contributed by atoms with E-state index in [1.165, 1.54) is 4.88 Å². The number of amides is 1. The van der Waals surface area contributed by atoms with Gasteiger partial charge in [0.1, 0.15) is 11.9 Å². The number of nitriles is 1. The first-order chi connectivity index (χ1) is 11.7. The Bertz CT molecular complexity index is 713. The van der Waals surface area contributed by atoms with E-state index in [9.17, 15) is 4.79 Å². The summed E-state index contributed by atoms with van der Waals surface area (Å²) in [7, 11) is 0. The number of benzene rings is 1. The molecule has 0 N–H and O–H groups in total. The zero-order valence-corrected chi connectivity index (χ0v) is 14.3. The fraction of sp³-hybridized carbons (Fsp3) is 0.368. The van der Waals surface area contributed by atoms with Gasteiger partial charge in [-0.15, -0.1) is 11.3 Å². The van der Waals surface area contributed by atoms with Crippen molar-refractivity contribution in [3.63, 3.8) is 0 Å². The summed E-state index contributed by atoms with van der Waals surface area (Å²) in [4.78, 5) is 15.5. The predicted molar refractivity (Wildman–Crippen MR) is 94.0 cm³/mol. The van der Waals surface area contributed by atoms with Gasteiger partial charge in [0.15, 0.2) is 0 Å². The molecule has 1 amide bonds. The van der Waals surface area contributed by atoms with Crippen molar-refractivity contribution >= 4 is 17.2 Å². The van der Waals surface area contributed by atoms with Crippen LogP contribution in [-0.2, 0) is 11.2 Å². The van der Waals surface area contributed by atoms with E-state index >= 15 is 0 Å². The number of carbonyl (C=O) groups excluding carboxylic acids is 1. The van der Waals surface area contributed by atoms with Gasteiger partial charge < -0.3 is 9.64 Å². The van der Waals surface area contributed by atoms with Crippen LogP contribution in [0.1, 0.15) is 29.7 Å². The maximum absolute atomic E-state index is 12.3. The number of likely N-dealkylation sites (tertiary alicyclic amines) is 1. The van der Waals surface area contributed by atoms with E-state index in [4.69, 9.17) is 10.00 Å². The number of hydrogen-bond acceptors (Lipinski definition) is 4. The SMILES string of the molecule is N#Cc1cccc(OC2CCN(C(=O)CCc3cccs3)CC2)c1. The van der Waals surface area contributed by atoms with Crippen molar-refractivity contribution in [2.75, 3.05) is 13.1 Å². The summed E-state index contributed by atoms with van der Waals surface area (Å²) in [5, 5.41) is 11.0. The molecule has 1 aromatic carbocycles. The molecule has 2 aromatic rings. The fourth-order valence-electron chi connectivity index (χ4n) is 2.90. The second-order valence-electron chi connectivity index (χ2n) is 5.92. The Balaban J connectivity index is 1.45. The molecule has 4 nitrogen and oxygen atoms in total. The van der Waals surface area contributed by atoms with E-state index in [-0.39, 0.29) is 12.0 Å². The van der Waals surface area contributed by atoms with Crippen LogP contribution in [0.5, 0.6) is 5.75 Å². The minimum atomic E-state index is 0.111. The van der Waals surface area contributed by atoms with E-state index < -0.39 is 0 Å². The Labute approximate surface area is 146 Å². The van der Waals surface area contributed by atoms with Crippen LogP contribution in [0.4, 0.5) is 0 Å². The number of ether oxygens (including phenoxy) is 1. The predicted octanol–water partition coefficient (Wildman–Crippen LogP) is 3.62. The zero-order valence-electron chi connectivity index (χ0n) is 13.5. The smallest absolute Gasteiger partial charge is 0.222 e. The molecule has 0 saturated carbocycles. The highest BCUT2D eigenvalue weighted by atomic mass is 32.1. The van der Waals surface area contributed by atoms with Crippen molar-refractivity contribution in [2.24, 2.45) is 0 Å². The monoisotopic (exact) mass is 340 g/mol. The second kappa shape index (κ2) is 7.98. The number of thiophene rings is 1. The lowest BCUT2D eigenvalue weighted by Gasteiger charge is -2.32. The standard InChI is InChI=1S/C19H20N2O2S/c20-14-15-3-1-4-17(13-15)23-16-8-10-21(11-9-16)19(22)7-6-18-5-2-12-24-18/h1-5,12-13,16H,6-11H2. The molecule has 5 heteroatoms. The maximum Gasteiger partial charge on any atom is 0.222 e. The Hall–Kier alpha value is -2.32. The van der Waals surface area contributed by atoms with Gasteiger partial charge in [-0.2, -0.15) is 5.26 Å². The minimum absolute atomic E-state index is 0.111. The van der Waals surface area contributed by atoms with Gasteiger partial charge in [0.25, 0.3) is 0 Å². The molecular formula is C19H20N2O2S. The van der Waals surface area contributed by atoms with E-state index in [1.54, 1.807) is 23.5 Å². The van der Waals surface area contributed by atoms with Gasteiger partial charge in [-0.3, -0.25) is 4.79 Å². The van der Waals surface area contributed by atoms with E-state index in [1.807, 2.05) is 28.5 Å². The molecule has 124 valence electrons. The van der Waals surface area contributed by atoms with Gasteiger partial charge in [0.2, 0.25) is 5.91 Å². The van der Waals surface area contributed by atoms with Crippen molar-refractivity contribution in [2.45, 2.75) is 31.8 Å². The largest absolute Gasteiger partial charge is 0.490 e. The normalized spacial score (nSPS) is 15.0. The Kier molecular flexibility index (Phi) is 5.50. The third-order valence-corrected chi connectivity index (χ3v) is 5.16. The molecule has 0 bridgehead atoms. The number of nitrogens with zero attached hydrogens (tertiary/aromatic N) is 2. The van der Waals surface area contributed by atoms with Crippen LogP contribution in [0.3, 0.4) is 0 Å². The number of piperidine rings is 1. The van der Waals surface area contributed by atoms with Crippen LogP contribution >= 0.6 is 11.3 Å². The first-order valence-electron chi connectivity index (χ1n) is 8.21. The molecule has 2 heterocycles. The lowest BCUT2D eigenvalue weighted by atomic mass is 10.1. The molecule has 1 aliphatic rings. The van der Waals surface area contributed by atoms with Gasteiger partial charge in [0, 0.05) is 37.2 Å². The first kappa shape index (κ1) is 16.5. The van der Waals surface area contributed by atoms with Crippen LogP contribution < -0.4 is 4.74 Å². The fourth-order valence-corrected chi connectivity index (χ4v) is 3.61. The quantitative estimate of drug-likeness (QED) is 0.835. The Morgan fingerprint density at radius 2 is 2.12 bits per heavy atom. The molecule has 24 heavy (non-hydrogen) atoms. The Morgan fingerprint density at radius 1 is 1.29 bits per heavy atom. The summed E-state index contributed by atoms with van der Waals surface area (Å²) in [6.45, 7) is 1.48. The van der Waals surface area contributed by atoms with Gasteiger partial charge in [-0.05, 0) is 36.1 Å². The summed E-state index contributed by atoms with van der Waals surface area (Å²) in [5.74, 6) is 0.963. The van der Waals surface area contributed by atoms with Gasteiger partial charge in [-0.25, -0.2) is 0 Å². The molecule has 1 saturated heterocycles. The molecular weight excluding hydrogens is 320 g/mol. The van der Waals surface area contributed by atoms with Crippen molar-refractivity contribution < 1.29 is 9.53 Å². The van der Waals surface area contributed by atoms with Crippen LogP contribution in [0.25, 0.3) is 0 Å². The highest BCUT2D eigenvalue weighted by Gasteiger charge is 2.23. The number of rotatable bonds is 5. The third kappa shape index (κ3) is 4.36. The minimum Gasteiger partial charge on any atom is -0.490 e. The van der Waals surface area contributed by atoms with Crippen molar-refractivity contribution in [3.05, 3.63) is 52.2 Å². The molecule has 0 aliphatic carbocycles. The average Bonchev–Trinajstić information content (AvgIpc) is 3.14. The van der Waals surface area contributed by atoms with Crippen molar-refractivity contribution in [1.82, 2.24) is 4.90 Å². The maximum atomic E-state index is 12.3. The summed E-state index contributed by atoms with van der Waals surface area (Å²) < 4.78 is 5.96. The molecule has 3 rings (SSSR count). The lowest BCUT2D eigenvalue weighted by Crippen LogP contribution is -2.41. The molecule has 0 radical (unpaired) electrons. The summed E-state index contributed by atoms with van der Waals surface area (Å²) in [6, 6.07) is 13.5. The van der Waals surface area contributed by atoms with Crippen LogP contribution in [0.15, 0.2) is 41.8 Å². The molecule has 1 aliphatic heterocycles. The number of hydrogen-bond donors (Lipinski definition) is 0. The highest BCUT2D eigenvalue weighted by molar-refractivity contribution is 7.09. The second-order valence-corrected chi connectivity index (χ2v) is 6.95.